The molecule has 42 heavy (non-hydrogen) atoms. The molecule has 1 aliphatic rings. The van der Waals surface area contributed by atoms with Crippen LogP contribution in [-0.2, 0) is 38.1 Å². The van der Waals surface area contributed by atoms with Gasteiger partial charge in [0.2, 0.25) is 5.75 Å². The topological polar surface area (TPSA) is 142 Å². The summed E-state index contributed by atoms with van der Waals surface area (Å²) in [6.07, 6.45) is -0.208. The summed E-state index contributed by atoms with van der Waals surface area (Å²) in [7, 11) is 10.5. The highest BCUT2D eigenvalue weighted by atomic mass is 16.6. The third kappa shape index (κ3) is 5.79. The van der Waals surface area contributed by atoms with Gasteiger partial charge in [-0.25, -0.2) is 0 Å². The lowest BCUT2D eigenvalue weighted by Gasteiger charge is -2.31. The molecule has 228 valence electrons. The van der Waals surface area contributed by atoms with Gasteiger partial charge in [-0.3, -0.25) is 19.2 Å². The maximum atomic E-state index is 13.3. The van der Waals surface area contributed by atoms with E-state index in [0.29, 0.717) is 28.2 Å². The molecule has 0 unspecified atom stereocenters. The van der Waals surface area contributed by atoms with Crippen LogP contribution in [0.4, 0.5) is 0 Å². The van der Waals surface area contributed by atoms with Gasteiger partial charge in [0.25, 0.3) is 0 Å². The van der Waals surface area contributed by atoms with Crippen LogP contribution in [0.1, 0.15) is 34.9 Å². The van der Waals surface area contributed by atoms with Crippen LogP contribution in [0.3, 0.4) is 0 Å². The van der Waals surface area contributed by atoms with E-state index in [1.54, 1.807) is 30.3 Å². The highest BCUT2D eigenvalue weighted by Crippen LogP contribution is 2.61. The van der Waals surface area contributed by atoms with Gasteiger partial charge in [0.05, 0.1) is 56.9 Å². The molecule has 0 saturated heterocycles. The summed E-state index contributed by atoms with van der Waals surface area (Å²) in [5.74, 6) is -7.32. The van der Waals surface area contributed by atoms with Crippen molar-refractivity contribution in [3.05, 3.63) is 47.0 Å². The Kier molecular flexibility index (Phi) is 10.6. The van der Waals surface area contributed by atoms with Crippen LogP contribution in [0, 0.1) is 17.8 Å². The normalized spacial score (nSPS) is 17.2. The Labute approximate surface area is 244 Å². The van der Waals surface area contributed by atoms with E-state index in [1.165, 1.54) is 28.4 Å². The molecule has 2 aromatic rings. The summed E-state index contributed by atoms with van der Waals surface area (Å²) in [4.78, 5) is 52.4. The van der Waals surface area contributed by atoms with E-state index < -0.39 is 53.5 Å². The Morgan fingerprint density at radius 1 is 0.667 bits per heavy atom. The fourth-order valence-corrected chi connectivity index (χ4v) is 5.87. The number of fused-ring (bicyclic) bond motifs is 1. The van der Waals surface area contributed by atoms with Crippen LogP contribution in [0.15, 0.2) is 30.3 Å². The molecule has 0 fully saturated rings. The van der Waals surface area contributed by atoms with Gasteiger partial charge >= 0.3 is 23.9 Å². The summed E-state index contributed by atoms with van der Waals surface area (Å²) in [6, 6.07) is 8.82. The van der Waals surface area contributed by atoms with Gasteiger partial charge in [-0.1, -0.05) is 12.1 Å². The predicted octanol–water partition coefficient (Wildman–Crippen LogP) is 2.88. The van der Waals surface area contributed by atoms with Crippen LogP contribution in [-0.4, -0.2) is 80.8 Å². The second kappa shape index (κ2) is 13.9. The zero-order valence-corrected chi connectivity index (χ0v) is 24.9. The minimum atomic E-state index is -1.47. The molecule has 0 bridgehead atoms. The fourth-order valence-electron chi connectivity index (χ4n) is 5.87. The second-order valence-corrected chi connectivity index (χ2v) is 9.44. The summed E-state index contributed by atoms with van der Waals surface area (Å²) in [5.41, 5.74) is 1.83. The number of esters is 4. The van der Waals surface area contributed by atoms with E-state index in [4.69, 9.17) is 37.9 Å². The van der Waals surface area contributed by atoms with E-state index in [1.807, 2.05) is 0 Å². The Bertz CT molecular complexity index is 1270. The number of carbonyl (C=O) groups excluding carboxylic acids is 4. The number of hydrogen-bond donors (Lipinski definition) is 0. The van der Waals surface area contributed by atoms with Crippen molar-refractivity contribution < 1.29 is 57.1 Å². The SMILES string of the molecule is COC(=O)C(C[C@@H]1c2c(cc(OC)c(OC)c2OC)[C@@H](c2ccc(OC)cc2)[C@@H]1C(C(=O)OC)C(=O)OC)C(=O)OC. The van der Waals surface area contributed by atoms with E-state index in [0.717, 1.165) is 28.4 Å². The predicted molar refractivity (Wildman–Crippen MR) is 147 cm³/mol. The number of benzene rings is 2. The molecule has 1 aliphatic carbocycles. The molecule has 2 aromatic carbocycles. The quantitative estimate of drug-likeness (QED) is 0.204. The van der Waals surface area contributed by atoms with E-state index in [2.05, 4.69) is 0 Å². The third-order valence-corrected chi connectivity index (χ3v) is 7.69. The fraction of sp³-hybridized carbons (Fsp3) is 0.467. The summed E-state index contributed by atoms with van der Waals surface area (Å²) < 4.78 is 42.5. The van der Waals surface area contributed by atoms with Gasteiger partial charge in [0, 0.05) is 17.4 Å². The highest BCUT2D eigenvalue weighted by Gasteiger charge is 2.54. The minimum Gasteiger partial charge on any atom is -0.497 e. The molecule has 3 rings (SSSR count). The lowest BCUT2D eigenvalue weighted by Crippen LogP contribution is -2.39. The van der Waals surface area contributed by atoms with Crippen molar-refractivity contribution in [1.82, 2.24) is 0 Å². The second-order valence-electron chi connectivity index (χ2n) is 9.44. The Morgan fingerprint density at radius 3 is 1.62 bits per heavy atom. The number of ether oxygens (including phenoxy) is 8. The molecule has 12 heteroatoms. The summed E-state index contributed by atoms with van der Waals surface area (Å²) in [6.45, 7) is 0. The summed E-state index contributed by atoms with van der Waals surface area (Å²) in [5, 5.41) is 0. The standard InChI is InChI=1S/C30H36O12/c1-35-16-11-9-15(10-12-16)21-18-14-20(36-2)25(37-3)26(38-4)22(18)17(13-19(27(31)39-5)28(32)40-6)23(21)24(29(33)41-7)30(34)42-8/h9-12,14,17,19,21,23-24H,13H2,1-8H3/t17-,21-,23-/m1/s1. The number of hydrogen-bond acceptors (Lipinski definition) is 12. The van der Waals surface area contributed by atoms with Gasteiger partial charge in [-0.2, -0.15) is 0 Å². The van der Waals surface area contributed by atoms with Crippen molar-refractivity contribution in [2.45, 2.75) is 18.3 Å². The first kappa shape index (κ1) is 32.0. The van der Waals surface area contributed by atoms with Gasteiger partial charge < -0.3 is 37.9 Å². The molecule has 0 spiro atoms. The average Bonchev–Trinajstić information content (AvgIpc) is 3.34. The first-order chi connectivity index (χ1) is 20.2. The lowest BCUT2D eigenvalue weighted by molar-refractivity contribution is -0.162. The van der Waals surface area contributed by atoms with Crippen molar-refractivity contribution >= 4 is 23.9 Å². The number of carbonyl (C=O) groups is 4. The minimum absolute atomic E-state index is 0.208. The molecule has 0 aliphatic heterocycles. The van der Waals surface area contributed by atoms with Crippen molar-refractivity contribution in [3.8, 4) is 23.0 Å². The smallest absolute Gasteiger partial charge is 0.320 e. The van der Waals surface area contributed by atoms with Gasteiger partial charge in [0.15, 0.2) is 23.3 Å². The van der Waals surface area contributed by atoms with E-state index in [-0.39, 0.29) is 17.9 Å². The zero-order chi connectivity index (χ0) is 31.1. The third-order valence-electron chi connectivity index (χ3n) is 7.69. The molecule has 3 atom stereocenters. The lowest BCUT2D eigenvalue weighted by atomic mass is 9.71. The van der Waals surface area contributed by atoms with Crippen LogP contribution < -0.4 is 18.9 Å². The van der Waals surface area contributed by atoms with E-state index in [9.17, 15) is 19.2 Å². The first-order valence-electron chi connectivity index (χ1n) is 13.0. The van der Waals surface area contributed by atoms with Crippen LogP contribution in [0.25, 0.3) is 0 Å². The van der Waals surface area contributed by atoms with Crippen molar-refractivity contribution in [3.63, 3.8) is 0 Å². The number of rotatable bonds is 12. The highest BCUT2D eigenvalue weighted by molar-refractivity contribution is 5.97. The first-order valence-corrected chi connectivity index (χ1v) is 13.0. The Morgan fingerprint density at radius 2 is 1.19 bits per heavy atom. The van der Waals surface area contributed by atoms with Crippen LogP contribution in [0.2, 0.25) is 0 Å². The molecular weight excluding hydrogens is 552 g/mol. The molecule has 0 saturated carbocycles. The summed E-state index contributed by atoms with van der Waals surface area (Å²) >= 11 is 0. The van der Waals surface area contributed by atoms with Crippen molar-refractivity contribution in [2.75, 3.05) is 56.9 Å². The van der Waals surface area contributed by atoms with E-state index >= 15 is 0 Å². The molecule has 12 nitrogen and oxygen atoms in total. The van der Waals surface area contributed by atoms with Crippen molar-refractivity contribution in [1.29, 1.82) is 0 Å². The maximum Gasteiger partial charge on any atom is 0.320 e. The molecule has 0 aromatic heterocycles. The van der Waals surface area contributed by atoms with Crippen LogP contribution >= 0.6 is 0 Å². The zero-order valence-electron chi connectivity index (χ0n) is 24.9. The molecule has 0 radical (unpaired) electrons. The Hall–Kier alpha value is -4.48. The van der Waals surface area contributed by atoms with Crippen molar-refractivity contribution in [2.24, 2.45) is 17.8 Å². The maximum absolute atomic E-state index is 13.3. The van der Waals surface area contributed by atoms with Gasteiger partial charge in [0.1, 0.15) is 5.75 Å². The molecule has 0 N–H and O–H groups in total. The van der Waals surface area contributed by atoms with Gasteiger partial charge in [-0.15, -0.1) is 0 Å². The average molecular weight is 589 g/mol. The largest absolute Gasteiger partial charge is 0.497 e. The molecular formula is C30H36O12. The van der Waals surface area contributed by atoms with Gasteiger partial charge in [-0.05, 0) is 41.7 Å². The number of methoxy groups -OCH3 is 8. The Balaban J connectivity index is 2.47. The monoisotopic (exact) mass is 588 g/mol. The molecule has 0 amide bonds. The van der Waals surface area contributed by atoms with Crippen LogP contribution in [0.5, 0.6) is 23.0 Å². The molecule has 0 heterocycles.